The molecule has 2 aliphatic rings. The van der Waals surface area contributed by atoms with Crippen LogP contribution in [-0.4, -0.2) is 121 Å². The van der Waals surface area contributed by atoms with Gasteiger partial charge >= 0.3 is 0 Å². The van der Waals surface area contributed by atoms with Gasteiger partial charge in [-0.05, 0) is 23.8 Å². The first-order valence-corrected chi connectivity index (χ1v) is 11.3. The molecule has 0 spiro atoms. The number of aliphatic imine (C=N–C) groups is 1. The minimum absolute atomic E-state index is 0.310. The van der Waals surface area contributed by atoms with Crippen LogP contribution in [0, 0.1) is 0 Å². The molecule has 2 heterocycles. The molecule has 1 fully saturated rings. The summed E-state index contributed by atoms with van der Waals surface area (Å²) in [6.07, 6.45) is -1.71. The second-order valence-electron chi connectivity index (χ2n) is 7.66. The summed E-state index contributed by atoms with van der Waals surface area (Å²) in [7, 11) is 2.90. The van der Waals surface area contributed by atoms with Gasteiger partial charge in [-0.1, -0.05) is 0 Å². The molecule has 11 nitrogen and oxygen atoms in total. The Bertz CT molecular complexity index is 748. The van der Waals surface area contributed by atoms with Gasteiger partial charge in [-0.2, -0.15) is 0 Å². The van der Waals surface area contributed by atoms with E-state index in [9.17, 15) is 10.2 Å². The van der Waals surface area contributed by atoms with Crippen LogP contribution in [0.5, 0.6) is 11.5 Å². The molecule has 1 aromatic carbocycles. The third-order valence-electron chi connectivity index (χ3n) is 5.40. The molecule has 2 N–H and O–H groups in total. The van der Waals surface area contributed by atoms with Gasteiger partial charge in [0.15, 0.2) is 17.8 Å². The number of fused-ring (bicyclic) bond motifs is 1. The Labute approximate surface area is 199 Å². The monoisotopic (exact) mass is 485 g/mol. The summed E-state index contributed by atoms with van der Waals surface area (Å²) in [6.45, 7) is 3.21. The lowest BCUT2D eigenvalue weighted by molar-refractivity contribution is -0.262. The van der Waals surface area contributed by atoms with Crippen molar-refractivity contribution in [1.82, 2.24) is 0 Å². The summed E-state index contributed by atoms with van der Waals surface area (Å²) in [5.74, 6) is 1.12. The van der Waals surface area contributed by atoms with Crippen LogP contribution in [0.1, 0.15) is 5.56 Å². The van der Waals surface area contributed by atoms with E-state index in [-0.39, 0.29) is 6.61 Å². The fraction of sp³-hybridized carbons (Fsp3) is 0.696. The van der Waals surface area contributed by atoms with Crippen molar-refractivity contribution in [3.63, 3.8) is 0 Å². The first-order valence-electron chi connectivity index (χ1n) is 11.3. The molecule has 0 saturated carbocycles. The second-order valence-corrected chi connectivity index (χ2v) is 7.66. The number of ether oxygens (including phenoxy) is 8. The van der Waals surface area contributed by atoms with Crippen molar-refractivity contribution in [2.75, 3.05) is 73.7 Å². The molecule has 192 valence electrons. The minimum atomic E-state index is -1.03. The van der Waals surface area contributed by atoms with Crippen molar-refractivity contribution >= 4 is 6.21 Å². The lowest BCUT2D eigenvalue weighted by atomic mass is 9.97. The summed E-state index contributed by atoms with van der Waals surface area (Å²) in [6, 6.07) is 4.66. The third-order valence-corrected chi connectivity index (χ3v) is 5.40. The van der Waals surface area contributed by atoms with Gasteiger partial charge < -0.3 is 48.1 Å². The standard InChI is InChI=1S/C23H35NO10/c1-27-22-19(15-25)34-23(28-2)20(21(22)26)24-14-16-3-4-17-18(13-16)33-12-10-31-8-6-29-5-7-30-9-11-32-17/h3-4,13-14,19-23,25-26H,5-12,15H2,1-2H3/b24-14+. The van der Waals surface area contributed by atoms with E-state index in [0.29, 0.717) is 64.4 Å². The van der Waals surface area contributed by atoms with Crippen LogP contribution in [0.2, 0.25) is 0 Å². The lowest BCUT2D eigenvalue weighted by Gasteiger charge is -2.41. The van der Waals surface area contributed by atoms with Crippen molar-refractivity contribution in [3.05, 3.63) is 23.8 Å². The Balaban J connectivity index is 1.72. The van der Waals surface area contributed by atoms with Crippen LogP contribution in [0.15, 0.2) is 23.2 Å². The number of aliphatic hydroxyl groups is 2. The molecular formula is C23H35NO10. The average molecular weight is 486 g/mol. The van der Waals surface area contributed by atoms with Gasteiger partial charge in [-0.15, -0.1) is 0 Å². The van der Waals surface area contributed by atoms with Crippen LogP contribution in [0.25, 0.3) is 0 Å². The maximum atomic E-state index is 10.8. The molecule has 2 aliphatic heterocycles. The van der Waals surface area contributed by atoms with Gasteiger partial charge in [0.05, 0.1) is 46.2 Å². The molecule has 3 rings (SSSR count). The highest BCUT2D eigenvalue weighted by atomic mass is 16.7. The largest absolute Gasteiger partial charge is 0.487 e. The minimum Gasteiger partial charge on any atom is -0.487 e. The predicted octanol–water partition coefficient (Wildman–Crippen LogP) is 0.0346. The summed E-state index contributed by atoms with van der Waals surface area (Å²) in [5, 5.41) is 20.3. The molecule has 0 aliphatic carbocycles. The molecule has 0 amide bonds. The van der Waals surface area contributed by atoms with Crippen LogP contribution in [0.4, 0.5) is 0 Å². The predicted molar refractivity (Wildman–Crippen MR) is 121 cm³/mol. The Morgan fingerprint density at radius 3 is 2.12 bits per heavy atom. The SMILES string of the molecule is COC1OC(CO)C(OC)C(O)C1/N=C/c1ccc2c(c1)OCCOCCOCCOCCO2. The van der Waals surface area contributed by atoms with E-state index in [2.05, 4.69) is 4.99 Å². The molecule has 1 aromatic rings. The molecule has 1 saturated heterocycles. The quantitative estimate of drug-likeness (QED) is 0.552. The number of aliphatic hydroxyl groups excluding tert-OH is 2. The van der Waals surface area contributed by atoms with E-state index in [1.54, 1.807) is 18.3 Å². The summed E-state index contributed by atoms with van der Waals surface area (Å²) >= 11 is 0. The number of benzene rings is 1. The van der Waals surface area contributed by atoms with Crippen molar-refractivity contribution in [1.29, 1.82) is 0 Å². The zero-order valence-corrected chi connectivity index (χ0v) is 19.7. The van der Waals surface area contributed by atoms with E-state index >= 15 is 0 Å². The zero-order valence-electron chi connectivity index (χ0n) is 19.7. The van der Waals surface area contributed by atoms with Crippen LogP contribution in [-0.2, 0) is 28.4 Å². The van der Waals surface area contributed by atoms with Crippen molar-refractivity contribution < 1.29 is 48.1 Å². The maximum absolute atomic E-state index is 10.8. The van der Waals surface area contributed by atoms with Crippen molar-refractivity contribution in [2.24, 2.45) is 4.99 Å². The molecule has 5 unspecified atom stereocenters. The van der Waals surface area contributed by atoms with Gasteiger partial charge in [0.2, 0.25) is 0 Å². The Morgan fingerprint density at radius 2 is 1.53 bits per heavy atom. The number of rotatable bonds is 5. The highest BCUT2D eigenvalue weighted by Gasteiger charge is 2.45. The smallest absolute Gasteiger partial charge is 0.182 e. The molecule has 5 atom stereocenters. The molecule has 0 aromatic heterocycles. The van der Waals surface area contributed by atoms with E-state index in [0.717, 1.165) is 5.56 Å². The summed E-state index contributed by atoms with van der Waals surface area (Å²) in [4.78, 5) is 4.50. The van der Waals surface area contributed by atoms with E-state index in [4.69, 9.17) is 37.9 Å². The molecular weight excluding hydrogens is 450 g/mol. The zero-order chi connectivity index (χ0) is 24.2. The Morgan fingerprint density at radius 1 is 0.912 bits per heavy atom. The highest BCUT2D eigenvalue weighted by Crippen LogP contribution is 2.29. The number of hydrogen-bond acceptors (Lipinski definition) is 11. The summed E-state index contributed by atoms with van der Waals surface area (Å²) in [5.41, 5.74) is 0.728. The van der Waals surface area contributed by atoms with E-state index in [1.165, 1.54) is 14.2 Å². The topological polar surface area (TPSA) is 127 Å². The Kier molecular flexibility index (Phi) is 11.4. The van der Waals surface area contributed by atoms with E-state index in [1.807, 2.05) is 6.07 Å². The number of methoxy groups -OCH3 is 2. The van der Waals surface area contributed by atoms with Crippen LogP contribution in [0.3, 0.4) is 0 Å². The van der Waals surface area contributed by atoms with Gasteiger partial charge in [0, 0.05) is 20.4 Å². The van der Waals surface area contributed by atoms with Gasteiger partial charge in [0.1, 0.15) is 37.6 Å². The third kappa shape index (κ3) is 7.59. The first-order chi connectivity index (χ1) is 16.7. The van der Waals surface area contributed by atoms with Crippen molar-refractivity contribution in [3.8, 4) is 11.5 Å². The number of nitrogens with zero attached hydrogens (tertiary/aromatic N) is 1. The average Bonchev–Trinajstić information content (AvgIpc) is 2.86. The van der Waals surface area contributed by atoms with Crippen molar-refractivity contribution in [2.45, 2.75) is 30.6 Å². The van der Waals surface area contributed by atoms with Crippen LogP contribution < -0.4 is 9.47 Å². The normalized spacial score (nSPS) is 29.9. The fourth-order valence-corrected chi connectivity index (χ4v) is 3.67. The lowest BCUT2D eigenvalue weighted by Crippen LogP contribution is -2.59. The van der Waals surface area contributed by atoms with Gasteiger partial charge in [-0.25, -0.2) is 0 Å². The maximum Gasteiger partial charge on any atom is 0.182 e. The van der Waals surface area contributed by atoms with E-state index < -0.39 is 30.6 Å². The fourth-order valence-electron chi connectivity index (χ4n) is 3.67. The molecule has 34 heavy (non-hydrogen) atoms. The Hall–Kier alpha value is -1.83. The molecule has 11 heteroatoms. The van der Waals surface area contributed by atoms with Crippen LogP contribution >= 0.6 is 0 Å². The van der Waals surface area contributed by atoms with Gasteiger partial charge in [0.25, 0.3) is 0 Å². The number of hydrogen-bond donors (Lipinski definition) is 2. The molecule has 0 bridgehead atoms. The first kappa shape index (κ1) is 26.8. The second kappa shape index (κ2) is 14.5. The van der Waals surface area contributed by atoms with Gasteiger partial charge in [-0.3, -0.25) is 4.99 Å². The highest BCUT2D eigenvalue weighted by molar-refractivity contribution is 5.81. The molecule has 0 radical (unpaired) electrons. The summed E-state index contributed by atoms with van der Waals surface area (Å²) < 4.78 is 44.5.